The first-order chi connectivity index (χ1) is 8.46. The first-order valence-electron chi connectivity index (χ1n) is 7.23. The minimum Gasteiger partial charge on any atom is -0.379 e. The smallest absolute Gasteiger partial charge is 0.0594 e. The van der Waals surface area contributed by atoms with Gasteiger partial charge >= 0.3 is 0 Å². The van der Waals surface area contributed by atoms with Gasteiger partial charge in [-0.1, -0.05) is 0 Å². The Balaban J connectivity index is 1.50. The number of hydrogen-bond donors (Lipinski definition) is 1. The van der Waals surface area contributed by atoms with Crippen LogP contribution in [0.5, 0.6) is 0 Å². The number of piperazine rings is 1. The van der Waals surface area contributed by atoms with Gasteiger partial charge in [0.2, 0.25) is 0 Å². The van der Waals surface area contributed by atoms with Crippen molar-refractivity contribution in [2.24, 2.45) is 0 Å². The average molecular weight is 255 g/mol. The number of ether oxygens (including phenoxy) is 1. The maximum absolute atomic E-state index is 5.71. The summed E-state index contributed by atoms with van der Waals surface area (Å²) >= 11 is 0. The zero-order chi connectivity index (χ0) is 13.2. The highest BCUT2D eigenvalue weighted by molar-refractivity contribution is 4.98. The molecule has 0 unspecified atom stereocenters. The molecule has 0 aromatic heterocycles. The van der Waals surface area contributed by atoms with Gasteiger partial charge in [-0.3, -0.25) is 4.90 Å². The summed E-state index contributed by atoms with van der Waals surface area (Å²) in [5.74, 6) is 0. The van der Waals surface area contributed by atoms with Crippen LogP contribution in [0.2, 0.25) is 0 Å². The van der Waals surface area contributed by atoms with Gasteiger partial charge in [-0.15, -0.1) is 0 Å². The number of fused-ring (bicyclic) bond motifs is 2. The van der Waals surface area contributed by atoms with Crippen molar-refractivity contribution < 1.29 is 4.74 Å². The van der Waals surface area contributed by atoms with E-state index in [1.54, 1.807) is 0 Å². The van der Waals surface area contributed by atoms with E-state index in [0.29, 0.717) is 0 Å². The molecule has 0 aromatic carbocycles. The van der Waals surface area contributed by atoms with E-state index in [4.69, 9.17) is 4.74 Å². The van der Waals surface area contributed by atoms with Crippen molar-refractivity contribution in [3.63, 3.8) is 0 Å². The minimum absolute atomic E-state index is 0.196. The van der Waals surface area contributed by atoms with Crippen LogP contribution in [0.4, 0.5) is 0 Å². The second kappa shape index (κ2) is 5.87. The molecule has 2 saturated heterocycles. The van der Waals surface area contributed by atoms with Gasteiger partial charge in [0.25, 0.3) is 0 Å². The third-order valence-corrected chi connectivity index (χ3v) is 4.05. The highest BCUT2D eigenvalue weighted by Gasteiger charge is 2.40. The van der Waals surface area contributed by atoms with Crippen molar-refractivity contribution in [2.75, 3.05) is 46.4 Å². The van der Waals surface area contributed by atoms with Gasteiger partial charge in [0.1, 0.15) is 0 Å². The molecule has 0 aliphatic carbocycles. The lowest BCUT2D eigenvalue weighted by Crippen LogP contribution is -2.45. The lowest BCUT2D eigenvalue weighted by atomic mass is 10.1. The fourth-order valence-corrected chi connectivity index (χ4v) is 3.00. The predicted octanol–water partition coefficient (Wildman–Crippen LogP) is 0.779. The maximum atomic E-state index is 5.71. The van der Waals surface area contributed by atoms with Gasteiger partial charge in [0, 0.05) is 43.8 Å². The quantitative estimate of drug-likeness (QED) is 0.710. The fourth-order valence-electron chi connectivity index (χ4n) is 3.00. The summed E-state index contributed by atoms with van der Waals surface area (Å²) in [6, 6.07) is 1.59. The molecule has 18 heavy (non-hydrogen) atoms. The monoisotopic (exact) mass is 255 g/mol. The van der Waals surface area contributed by atoms with E-state index in [9.17, 15) is 0 Å². The molecular weight excluding hydrogens is 226 g/mol. The van der Waals surface area contributed by atoms with Crippen LogP contribution in [0.15, 0.2) is 0 Å². The Morgan fingerprint density at radius 1 is 1.17 bits per heavy atom. The Bertz CT molecular complexity index is 262. The van der Waals surface area contributed by atoms with Gasteiger partial charge in [-0.05, 0) is 34.2 Å². The number of likely N-dealkylation sites (tertiary alicyclic amines) is 2. The Morgan fingerprint density at radius 2 is 1.94 bits per heavy atom. The summed E-state index contributed by atoms with van der Waals surface area (Å²) in [5.41, 5.74) is 0.196. The average Bonchev–Trinajstić information content (AvgIpc) is 2.80. The Morgan fingerprint density at radius 3 is 2.50 bits per heavy atom. The molecular formula is C14H29N3O. The van der Waals surface area contributed by atoms with Crippen LogP contribution in [0.3, 0.4) is 0 Å². The zero-order valence-corrected chi connectivity index (χ0v) is 12.4. The maximum Gasteiger partial charge on any atom is 0.0594 e. The third-order valence-electron chi connectivity index (χ3n) is 4.05. The number of likely N-dealkylation sites (N-methyl/N-ethyl adjacent to an activating group) is 1. The van der Waals surface area contributed by atoms with Gasteiger partial charge in [0.15, 0.2) is 0 Å². The van der Waals surface area contributed by atoms with Crippen molar-refractivity contribution in [3.05, 3.63) is 0 Å². The molecule has 4 heteroatoms. The number of rotatable bonds is 6. The van der Waals surface area contributed by atoms with E-state index in [0.717, 1.165) is 38.4 Å². The number of nitrogens with one attached hydrogen (secondary N) is 1. The molecule has 1 N–H and O–H groups in total. The predicted molar refractivity (Wildman–Crippen MR) is 75.0 cm³/mol. The summed E-state index contributed by atoms with van der Waals surface area (Å²) in [6.45, 7) is 12.8. The van der Waals surface area contributed by atoms with Gasteiger partial charge in [-0.2, -0.15) is 0 Å². The topological polar surface area (TPSA) is 27.7 Å². The molecule has 106 valence electrons. The molecule has 0 aromatic rings. The van der Waals surface area contributed by atoms with E-state index in [-0.39, 0.29) is 5.54 Å². The Kier molecular flexibility index (Phi) is 4.64. The molecule has 2 aliphatic rings. The highest BCUT2D eigenvalue weighted by Crippen LogP contribution is 2.28. The van der Waals surface area contributed by atoms with E-state index in [1.807, 2.05) is 0 Å². The third kappa shape index (κ3) is 3.92. The second-order valence-electron chi connectivity index (χ2n) is 6.77. The van der Waals surface area contributed by atoms with E-state index >= 15 is 0 Å². The molecule has 2 rings (SSSR count). The van der Waals surface area contributed by atoms with Crippen molar-refractivity contribution in [1.82, 2.24) is 15.1 Å². The molecule has 0 radical (unpaired) electrons. The van der Waals surface area contributed by atoms with Crippen LogP contribution in [-0.4, -0.2) is 73.9 Å². The minimum atomic E-state index is 0.196. The van der Waals surface area contributed by atoms with Crippen LogP contribution < -0.4 is 5.32 Å². The SMILES string of the molecule is CN1C[C@@H]2C[C@H]1CN2CCOCCNC(C)(C)C. The van der Waals surface area contributed by atoms with Crippen molar-refractivity contribution in [2.45, 2.75) is 44.8 Å². The van der Waals surface area contributed by atoms with E-state index in [2.05, 4.69) is 42.9 Å². The standard InChI is InChI=1S/C14H29N3O/c1-14(2,3)15-5-7-18-8-6-17-11-12-9-13(17)10-16(12)4/h12-13,15H,5-11H2,1-4H3/t12-,13-/m0/s1. The molecule has 2 fully saturated rings. The zero-order valence-electron chi connectivity index (χ0n) is 12.4. The van der Waals surface area contributed by atoms with Crippen LogP contribution in [-0.2, 0) is 4.74 Å². The molecule has 4 nitrogen and oxygen atoms in total. The largest absolute Gasteiger partial charge is 0.379 e. The molecule has 0 saturated carbocycles. The second-order valence-corrected chi connectivity index (χ2v) is 6.77. The van der Waals surface area contributed by atoms with Crippen LogP contribution >= 0.6 is 0 Å². The van der Waals surface area contributed by atoms with Gasteiger partial charge in [-0.25, -0.2) is 0 Å². The number of nitrogens with zero attached hydrogens (tertiary/aromatic N) is 2. The van der Waals surface area contributed by atoms with Gasteiger partial charge < -0.3 is 15.0 Å². The summed E-state index contributed by atoms with van der Waals surface area (Å²) < 4.78 is 5.71. The van der Waals surface area contributed by atoms with E-state index in [1.165, 1.54) is 19.5 Å². The molecule has 0 amide bonds. The summed E-state index contributed by atoms with van der Waals surface area (Å²) in [7, 11) is 2.25. The number of hydrogen-bond acceptors (Lipinski definition) is 4. The first kappa shape index (κ1) is 14.3. The molecule has 0 spiro atoms. The Hall–Kier alpha value is -0.160. The van der Waals surface area contributed by atoms with Crippen molar-refractivity contribution >= 4 is 0 Å². The molecule has 2 atom stereocenters. The van der Waals surface area contributed by atoms with Crippen LogP contribution in [0.25, 0.3) is 0 Å². The molecule has 2 heterocycles. The summed E-state index contributed by atoms with van der Waals surface area (Å²) in [4.78, 5) is 5.09. The van der Waals surface area contributed by atoms with Crippen molar-refractivity contribution in [3.8, 4) is 0 Å². The van der Waals surface area contributed by atoms with E-state index < -0.39 is 0 Å². The lowest BCUT2D eigenvalue weighted by molar-refractivity contribution is 0.0783. The van der Waals surface area contributed by atoms with Crippen LogP contribution in [0.1, 0.15) is 27.2 Å². The Labute approximate surface area is 112 Å². The molecule has 2 bridgehead atoms. The summed E-state index contributed by atoms with van der Waals surface area (Å²) in [6.07, 6.45) is 1.36. The first-order valence-corrected chi connectivity index (χ1v) is 7.23. The van der Waals surface area contributed by atoms with Gasteiger partial charge in [0.05, 0.1) is 13.2 Å². The lowest BCUT2D eigenvalue weighted by Gasteiger charge is -2.31. The van der Waals surface area contributed by atoms with Crippen molar-refractivity contribution in [1.29, 1.82) is 0 Å². The molecule has 2 aliphatic heterocycles. The van der Waals surface area contributed by atoms with Crippen LogP contribution in [0, 0.1) is 0 Å². The normalized spacial score (nSPS) is 29.3. The fraction of sp³-hybridized carbons (Fsp3) is 1.00. The summed E-state index contributed by atoms with van der Waals surface area (Å²) in [5, 5.41) is 3.44. The highest BCUT2D eigenvalue weighted by atomic mass is 16.5.